The largest absolute Gasteiger partial charge is 0.356 e. The molecule has 2 aromatic rings. The molecule has 9 heteroatoms. The van der Waals surface area contributed by atoms with Gasteiger partial charge >= 0.3 is 0 Å². The van der Waals surface area contributed by atoms with E-state index in [4.69, 9.17) is 11.6 Å². The highest BCUT2D eigenvalue weighted by molar-refractivity contribution is 6.30. The number of rotatable bonds is 4. The van der Waals surface area contributed by atoms with E-state index < -0.39 is 0 Å². The first-order valence-electron chi connectivity index (χ1n) is 11.1. The molecule has 170 valence electrons. The van der Waals surface area contributed by atoms with Crippen molar-refractivity contribution >= 4 is 29.3 Å². The minimum Gasteiger partial charge on any atom is -0.356 e. The second-order valence-corrected chi connectivity index (χ2v) is 8.78. The topological polar surface area (TPSA) is 87.5 Å². The summed E-state index contributed by atoms with van der Waals surface area (Å²) in [7, 11) is 1.84. The summed E-state index contributed by atoms with van der Waals surface area (Å²) >= 11 is 5.94. The van der Waals surface area contributed by atoms with Crippen LogP contribution in [-0.4, -0.2) is 63.5 Å². The minimum atomic E-state index is -0.128. The molecular weight excluding hydrogens is 430 g/mol. The highest BCUT2D eigenvalue weighted by atomic mass is 35.5. The van der Waals surface area contributed by atoms with Gasteiger partial charge in [0.2, 0.25) is 5.91 Å². The van der Waals surface area contributed by atoms with Gasteiger partial charge in [-0.05, 0) is 44.0 Å². The van der Waals surface area contributed by atoms with Crippen LogP contribution in [0.5, 0.6) is 0 Å². The zero-order valence-corrected chi connectivity index (χ0v) is 19.2. The smallest absolute Gasteiger partial charge is 0.274 e. The lowest BCUT2D eigenvalue weighted by molar-refractivity contribution is -0.126. The van der Waals surface area contributed by atoms with Crippen molar-refractivity contribution in [3.05, 3.63) is 51.8 Å². The Balaban J connectivity index is 1.48. The molecule has 3 heterocycles. The molecule has 8 nitrogen and oxygen atoms in total. The zero-order valence-electron chi connectivity index (χ0n) is 18.4. The molecule has 2 aliphatic rings. The number of aromatic nitrogens is 2. The van der Waals surface area contributed by atoms with E-state index in [1.54, 1.807) is 38.7 Å². The van der Waals surface area contributed by atoms with Crippen molar-refractivity contribution in [2.75, 3.05) is 26.2 Å². The normalized spacial score (nSPS) is 16.6. The van der Waals surface area contributed by atoms with Gasteiger partial charge in [-0.1, -0.05) is 11.6 Å². The van der Waals surface area contributed by atoms with Crippen molar-refractivity contribution in [1.82, 2.24) is 24.9 Å². The van der Waals surface area contributed by atoms with Crippen molar-refractivity contribution < 1.29 is 14.4 Å². The summed E-state index contributed by atoms with van der Waals surface area (Å²) in [6.45, 7) is 4.49. The molecule has 0 radical (unpaired) electrons. The number of carbonyl (C=O) groups excluding carboxylic acids is 3. The maximum Gasteiger partial charge on any atom is 0.274 e. The number of fused-ring (bicyclic) bond motifs is 1. The first kappa shape index (κ1) is 22.3. The van der Waals surface area contributed by atoms with Crippen LogP contribution in [0.15, 0.2) is 24.3 Å². The molecule has 2 aliphatic heterocycles. The Morgan fingerprint density at radius 2 is 1.75 bits per heavy atom. The van der Waals surface area contributed by atoms with Crippen molar-refractivity contribution in [3.63, 3.8) is 0 Å². The van der Waals surface area contributed by atoms with E-state index in [1.807, 2.05) is 14.0 Å². The standard InChI is InChI=1S/C23H28ClN5O3/c1-3-25-21(30)15-8-11-28(12-9-15)23(32)20-18-14-29(13-10-19(18)27(2)26-20)22(31)16-4-6-17(24)7-5-16/h4-7,15H,3,8-14H2,1-2H3,(H,25,30). The second-order valence-electron chi connectivity index (χ2n) is 8.34. The number of hydrogen-bond donors (Lipinski definition) is 1. The average molecular weight is 458 g/mol. The van der Waals surface area contributed by atoms with E-state index in [0.29, 0.717) is 68.3 Å². The summed E-state index contributed by atoms with van der Waals surface area (Å²) in [5.74, 6) is -0.204. The van der Waals surface area contributed by atoms with Gasteiger partial charge in [-0.25, -0.2) is 0 Å². The van der Waals surface area contributed by atoms with E-state index in [-0.39, 0.29) is 23.6 Å². The van der Waals surface area contributed by atoms with Crippen molar-refractivity contribution in [2.45, 2.75) is 32.7 Å². The van der Waals surface area contributed by atoms with E-state index in [1.165, 1.54) is 0 Å². The zero-order chi connectivity index (χ0) is 22.8. The third-order valence-corrected chi connectivity index (χ3v) is 6.58. The number of aryl methyl sites for hydroxylation is 1. The van der Waals surface area contributed by atoms with Crippen LogP contribution in [0.25, 0.3) is 0 Å². The van der Waals surface area contributed by atoms with Crippen LogP contribution < -0.4 is 5.32 Å². The molecule has 0 unspecified atom stereocenters. The van der Waals surface area contributed by atoms with Crippen LogP contribution in [-0.2, 0) is 24.8 Å². The van der Waals surface area contributed by atoms with E-state index in [2.05, 4.69) is 10.4 Å². The molecule has 3 amide bonds. The van der Waals surface area contributed by atoms with Gasteiger partial charge in [0.15, 0.2) is 5.69 Å². The average Bonchev–Trinajstić information content (AvgIpc) is 3.14. The fourth-order valence-electron chi connectivity index (χ4n) is 4.53. The third-order valence-electron chi connectivity index (χ3n) is 6.33. The van der Waals surface area contributed by atoms with Crippen molar-refractivity contribution in [2.24, 2.45) is 13.0 Å². The van der Waals surface area contributed by atoms with E-state index in [9.17, 15) is 14.4 Å². The van der Waals surface area contributed by atoms with Gasteiger partial charge in [-0.15, -0.1) is 0 Å². The Hall–Kier alpha value is -2.87. The maximum atomic E-state index is 13.3. The first-order chi connectivity index (χ1) is 15.4. The van der Waals surface area contributed by atoms with Gasteiger partial charge in [0.25, 0.3) is 11.8 Å². The molecule has 0 spiro atoms. The first-order valence-corrected chi connectivity index (χ1v) is 11.4. The number of hydrogen-bond acceptors (Lipinski definition) is 4. The molecule has 0 bridgehead atoms. The summed E-state index contributed by atoms with van der Waals surface area (Å²) < 4.78 is 1.76. The Morgan fingerprint density at radius 3 is 2.41 bits per heavy atom. The van der Waals surface area contributed by atoms with E-state index in [0.717, 1.165) is 11.3 Å². The lowest BCUT2D eigenvalue weighted by Gasteiger charge is -2.32. The number of amides is 3. The molecule has 1 aromatic carbocycles. The summed E-state index contributed by atoms with van der Waals surface area (Å²) in [6.07, 6.45) is 1.94. The lowest BCUT2D eigenvalue weighted by Crippen LogP contribution is -2.43. The Kier molecular flexibility index (Phi) is 6.50. The third kappa shape index (κ3) is 4.37. The predicted molar refractivity (Wildman–Crippen MR) is 120 cm³/mol. The van der Waals surface area contributed by atoms with Crippen LogP contribution in [0, 0.1) is 5.92 Å². The Bertz CT molecular complexity index is 1020. The fraction of sp³-hybridized carbons (Fsp3) is 0.478. The summed E-state index contributed by atoms with van der Waals surface area (Å²) in [6, 6.07) is 6.84. The van der Waals surface area contributed by atoms with Gasteiger partial charge < -0.3 is 15.1 Å². The molecule has 32 heavy (non-hydrogen) atoms. The summed E-state index contributed by atoms with van der Waals surface area (Å²) in [5.41, 5.74) is 2.79. The number of nitrogens with zero attached hydrogens (tertiary/aromatic N) is 4. The van der Waals surface area contributed by atoms with Gasteiger partial charge in [0.05, 0.1) is 6.54 Å². The van der Waals surface area contributed by atoms with Crippen LogP contribution in [0.4, 0.5) is 0 Å². The molecule has 1 fully saturated rings. The summed E-state index contributed by atoms with van der Waals surface area (Å²) in [5, 5.41) is 7.97. The number of likely N-dealkylation sites (tertiary alicyclic amines) is 1. The van der Waals surface area contributed by atoms with Gasteiger partial charge in [0, 0.05) is 67.4 Å². The minimum absolute atomic E-state index is 0.0517. The fourth-order valence-corrected chi connectivity index (χ4v) is 4.65. The summed E-state index contributed by atoms with van der Waals surface area (Å²) in [4.78, 5) is 41.9. The second kappa shape index (κ2) is 9.32. The molecule has 1 aromatic heterocycles. The van der Waals surface area contributed by atoms with Gasteiger partial charge in [-0.3, -0.25) is 19.1 Å². The van der Waals surface area contributed by atoms with Crippen molar-refractivity contribution in [3.8, 4) is 0 Å². The Morgan fingerprint density at radius 1 is 1.06 bits per heavy atom. The molecule has 1 N–H and O–H groups in total. The van der Waals surface area contributed by atoms with Crippen LogP contribution in [0.2, 0.25) is 5.02 Å². The highest BCUT2D eigenvalue weighted by Gasteiger charge is 2.33. The number of benzene rings is 1. The SMILES string of the molecule is CCNC(=O)C1CCN(C(=O)c2nn(C)c3c2CN(C(=O)c2ccc(Cl)cc2)CC3)CC1. The van der Waals surface area contributed by atoms with E-state index >= 15 is 0 Å². The molecule has 0 atom stereocenters. The molecule has 1 saturated heterocycles. The Labute approximate surface area is 192 Å². The van der Waals surface area contributed by atoms with Gasteiger partial charge in [-0.2, -0.15) is 5.10 Å². The molecule has 0 aliphatic carbocycles. The number of nitrogens with one attached hydrogen (secondary N) is 1. The lowest BCUT2D eigenvalue weighted by atomic mass is 9.95. The number of carbonyl (C=O) groups is 3. The molecule has 0 saturated carbocycles. The quantitative estimate of drug-likeness (QED) is 0.762. The number of halogens is 1. The highest BCUT2D eigenvalue weighted by Crippen LogP contribution is 2.26. The maximum absolute atomic E-state index is 13.3. The molecular formula is C23H28ClN5O3. The molecule has 4 rings (SSSR count). The van der Waals surface area contributed by atoms with Gasteiger partial charge in [0.1, 0.15) is 0 Å². The van der Waals surface area contributed by atoms with Crippen molar-refractivity contribution in [1.29, 1.82) is 0 Å². The van der Waals surface area contributed by atoms with Crippen LogP contribution in [0.3, 0.4) is 0 Å². The van der Waals surface area contributed by atoms with Crippen LogP contribution in [0.1, 0.15) is 51.9 Å². The predicted octanol–water partition coefficient (Wildman–Crippen LogP) is 2.26. The number of piperidine rings is 1. The van der Waals surface area contributed by atoms with Crippen LogP contribution >= 0.6 is 11.6 Å². The monoisotopic (exact) mass is 457 g/mol.